The Morgan fingerprint density at radius 3 is 2.68 bits per heavy atom. The number of nitrogens with one attached hydrogen (secondary N) is 2. The summed E-state index contributed by atoms with van der Waals surface area (Å²) in [6.07, 6.45) is 2.44. The quantitative estimate of drug-likeness (QED) is 0.877. The maximum absolute atomic E-state index is 4.61. The van der Waals surface area contributed by atoms with Crippen molar-refractivity contribution in [2.45, 2.75) is 32.2 Å². The van der Waals surface area contributed by atoms with E-state index in [-0.39, 0.29) is 0 Å². The summed E-state index contributed by atoms with van der Waals surface area (Å²) < 4.78 is 0. The van der Waals surface area contributed by atoms with Crippen LogP contribution in [-0.4, -0.2) is 17.0 Å². The average Bonchev–Trinajstić information content (AvgIpc) is 3.20. The minimum absolute atomic E-state index is 0.566. The Hall–Kier alpha value is -1.62. The second kappa shape index (κ2) is 5.17. The summed E-state index contributed by atoms with van der Waals surface area (Å²) in [5.74, 6) is 3.33. The first-order chi connectivity index (χ1) is 9.26. The molecule has 2 N–H and O–H groups in total. The van der Waals surface area contributed by atoms with E-state index in [1.54, 1.807) is 11.3 Å². The molecule has 2 heterocycles. The van der Waals surface area contributed by atoms with Crippen molar-refractivity contribution in [3.8, 4) is 0 Å². The van der Waals surface area contributed by atoms with E-state index in [1.807, 2.05) is 13.1 Å². The molecule has 100 valence electrons. The van der Waals surface area contributed by atoms with Crippen LogP contribution in [0.4, 0.5) is 11.6 Å². The van der Waals surface area contributed by atoms with E-state index >= 15 is 0 Å². The lowest BCUT2D eigenvalue weighted by Gasteiger charge is -2.09. The minimum atomic E-state index is 0.566. The Bertz CT molecular complexity index is 575. The van der Waals surface area contributed by atoms with E-state index in [0.29, 0.717) is 5.92 Å². The Morgan fingerprint density at radius 2 is 2.05 bits per heavy atom. The van der Waals surface area contributed by atoms with Crippen molar-refractivity contribution in [3.63, 3.8) is 0 Å². The van der Waals surface area contributed by atoms with Crippen LogP contribution in [-0.2, 0) is 6.54 Å². The predicted octanol–water partition coefficient (Wildman–Crippen LogP) is 3.38. The normalized spacial score (nSPS) is 14.4. The first-order valence-corrected chi connectivity index (χ1v) is 7.53. The van der Waals surface area contributed by atoms with Gasteiger partial charge in [-0.2, -0.15) is 11.3 Å². The van der Waals surface area contributed by atoms with Gasteiger partial charge >= 0.3 is 0 Å². The summed E-state index contributed by atoms with van der Waals surface area (Å²) in [4.78, 5) is 9.13. The van der Waals surface area contributed by atoms with Crippen molar-refractivity contribution in [1.29, 1.82) is 0 Å². The molecule has 1 saturated carbocycles. The molecule has 0 unspecified atom stereocenters. The van der Waals surface area contributed by atoms with Gasteiger partial charge in [0.15, 0.2) is 0 Å². The highest BCUT2D eigenvalue weighted by Gasteiger charge is 2.27. The molecule has 0 spiro atoms. The van der Waals surface area contributed by atoms with Gasteiger partial charge in [0.05, 0.1) is 0 Å². The molecule has 0 aliphatic heterocycles. The number of aromatic nitrogens is 2. The molecule has 5 heteroatoms. The summed E-state index contributed by atoms with van der Waals surface area (Å²) in [5, 5.41) is 10.9. The van der Waals surface area contributed by atoms with Crippen LogP contribution in [0.2, 0.25) is 0 Å². The monoisotopic (exact) mass is 274 g/mol. The summed E-state index contributed by atoms with van der Waals surface area (Å²) in [6.45, 7) is 2.96. The van der Waals surface area contributed by atoms with Crippen molar-refractivity contribution in [2.24, 2.45) is 0 Å². The molecule has 0 atom stereocenters. The number of aryl methyl sites for hydroxylation is 1. The highest BCUT2D eigenvalue weighted by molar-refractivity contribution is 7.08. The number of hydrogen-bond acceptors (Lipinski definition) is 5. The van der Waals surface area contributed by atoms with Gasteiger partial charge in [-0.15, -0.1) is 0 Å². The Kier molecular flexibility index (Phi) is 3.38. The molecular formula is C14H18N4S. The van der Waals surface area contributed by atoms with E-state index in [1.165, 1.54) is 24.0 Å². The second-order valence-corrected chi connectivity index (χ2v) is 5.70. The topological polar surface area (TPSA) is 49.8 Å². The molecule has 2 aromatic rings. The minimum Gasteiger partial charge on any atom is -0.373 e. The maximum atomic E-state index is 4.61. The second-order valence-electron chi connectivity index (χ2n) is 4.95. The van der Waals surface area contributed by atoms with Crippen molar-refractivity contribution < 1.29 is 0 Å². The summed E-state index contributed by atoms with van der Waals surface area (Å²) >= 11 is 1.74. The standard InChI is InChI=1S/C14H18N4S/c1-9-7-19-8-11(9)6-16-13-5-12(15-2)17-14(18-13)10-3-4-10/h5,7-8,10H,3-4,6H2,1-2H3,(H2,15,16,17,18). The third-order valence-corrected chi connectivity index (χ3v) is 4.27. The van der Waals surface area contributed by atoms with Gasteiger partial charge in [0, 0.05) is 25.6 Å². The van der Waals surface area contributed by atoms with E-state index in [9.17, 15) is 0 Å². The zero-order valence-electron chi connectivity index (χ0n) is 11.2. The largest absolute Gasteiger partial charge is 0.373 e. The molecule has 1 aliphatic rings. The number of thiophene rings is 1. The molecule has 0 aromatic carbocycles. The van der Waals surface area contributed by atoms with E-state index in [0.717, 1.165) is 24.0 Å². The zero-order chi connectivity index (χ0) is 13.2. The van der Waals surface area contributed by atoms with Gasteiger partial charge in [0.1, 0.15) is 17.5 Å². The van der Waals surface area contributed by atoms with Crippen molar-refractivity contribution >= 4 is 23.0 Å². The van der Waals surface area contributed by atoms with Crippen LogP contribution < -0.4 is 10.6 Å². The molecule has 1 fully saturated rings. The molecule has 0 radical (unpaired) electrons. The molecular weight excluding hydrogens is 256 g/mol. The lowest BCUT2D eigenvalue weighted by atomic mass is 10.2. The third kappa shape index (κ3) is 2.87. The highest BCUT2D eigenvalue weighted by Crippen LogP contribution is 2.38. The fraction of sp³-hybridized carbons (Fsp3) is 0.429. The molecule has 0 saturated heterocycles. The Balaban J connectivity index is 1.76. The molecule has 2 aromatic heterocycles. The van der Waals surface area contributed by atoms with Crippen molar-refractivity contribution in [3.05, 3.63) is 33.8 Å². The molecule has 0 amide bonds. The number of rotatable bonds is 5. The van der Waals surface area contributed by atoms with E-state index in [4.69, 9.17) is 0 Å². The fourth-order valence-electron chi connectivity index (χ4n) is 1.96. The van der Waals surface area contributed by atoms with Crippen LogP contribution in [0.3, 0.4) is 0 Å². The molecule has 4 nitrogen and oxygen atoms in total. The Labute approximate surface area is 117 Å². The van der Waals surface area contributed by atoms with Crippen molar-refractivity contribution in [2.75, 3.05) is 17.7 Å². The Morgan fingerprint density at radius 1 is 1.26 bits per heavy atom. The van der Waals surface area contributed by atoms with Gasteiger partial charge in [-0.3, -0.25) is 0 Å². The molecule has 19 heavy (non-hydrogen) atoms. The predicted molar refractivity (Wildman–Crippen MR) is 79.9 cm³/mol. The third-order valence-electron chi connectivity index (χ3n) is 3.36. The van der Waals surface area contributed by atoms with Gasteiger partial charge in [0.25, 0.3) is 0 Å². The van der Waals surface area contributed by atoms with Gasteiger partial charge in [0.2, 0.25) is 0 Å². The van der Waals surface area contributed by atoms with Crippen LogP contribution in [0, 0.1) is 6.92 Å². The van der Waals surface area contributed by atoms with Crippen LogP contribution >= 0.6 is 11.3 Å². The van der Waals surface area contributed by atoms with Crippen LogP contribution in [0.1, 0.15) is 35.7 Å². The summed E-state index contributed by atoms with van der Waals surface area (Å²) in [6, 6.07) is 1.97. The van der Waals surface area contributed by atoms with E-state index < -0.39 is 0 Å². The lowest BCUT2D eigenvalue weighted by molar-refractivity contribution is 0.922. The van der Waals surface area contributed by atoms with Gasteiger partial charge in [-0.05, 0) is 41.7 Å². The zero-order valence-corrected chi connectivity index (χ0v) is 12.0. The highest BCUT2D eigenvalue weighted by atomic mass is 32.1. The van der Waals surface area contributed by atoms with Gasteiger partial charge in [-0.1, -0.05) is 0 Å². The van der Waals surface area contributed by atoms with Gasteiger partial charge in [-0.25, -0.2) is 9.97 Å². The molecule has 0 bridgehead atoms. The summed E-state index contributed by atoms with van der Waals surface area (Å²) in [7, 11) is 1.89. The number of hydrogen-bond donors (Lipinski definition) is 2. The lowest BCUT2D eigenvalue weighted by Crippen LogP contribution is -2.06. The van der Waals surface area contributed by atoms with Crippen LogP contribution in [0.5, 0.6) is 0 Å². The van der Waals surface area contributed by atoms with Crippen LogP contribution in [0.15, 0.2) is 16.8 Å². The molecule has 3 rings (SSSR count). The van der Waals surface area contributed by atoms with Gasteiger partial charge < -0.3 is 10.6 Å². The van der Waals surface area contributed by atoms with Crippen molar-refractivity contribution in [1.82, 2.24) is 9.97 Å². The SMILES string of the molecule is CNc1cc(NCc2cscc2C)nc(C2CC2)n1. The number of nitrogens with zero attached hydrogens (tertiary/aromatic N) is 2. The molecule has 1 aliphatic carbocycles. The van der Waals surface area contributed by atoms with E-state index in [2.05, 4.69) is 38.3 Å². The maximum Gasteiger partial charge on any atom is 0.136 e. The number of anilines is 2. The smallest absolute Gasteiger partial charge is 0.136 e. The van der Waals surface area contributed by atoms with Crippen LogP contribution in [0.25, 0.3) is 0 Å². The first kappa shape index (κ1) is 12.4. The first-order valence-electron chi connectivity index (χ1n) is 6.58. The average molecular weight is 274 g/mol. The fourth-order valence-corrected chi connectivity index (χ4v) is 2.82. The summed E-state index contributed by atoms with van der Waals surface area (Å²) in [5.41, 5.74) is 2.67.